The molecule has 2 atom stereocenters. The lowest BCUT2D eigenvalue weighted by Gasteiger charge is -2.18. The SMILES string of the molecule is CN1C[C@H]2C[C@@]2(c2ccc(-c3nc(-c4cc5c(cc4F)C(=O)NCC5)c(N)nc3F)cc2)C1. The number of benzene rings is 2. The maximum atomic E-state index is 15.0. The van der Waals surface area contributed by atoms with Crippen LogP contribution >= 0.6 is 0 Å². The standard InChI is InChI=1S/C25H23F2N5O/c1-32-11-16-10-25(16,12-32)15-4-2-13(3-5-15)20-22(27)31-23(28)21(30-20)18-8-14-6-7-29-24(33)17(14)9-19(18)26/h2-5,8-9,16H,6-7,10-12H2,1H3,(H2,28,31)(H,29,33)/t16-,25+/m1/s1. The zero-order valence-electron chi connectivity index (χ0n) is 18.2. The van der Waals surface area contributed by atoms with Crippen molar-refractivity contribution in [3.05, 3.63) is 64.9 Å². The minimum Gasteiger partial charge on any atom is -0.382 e. The summed E-state index contributed by atoms with van der Waals surface area (Å²) in [5, 5.41) is 2.70. The molecular formula is C25H23F2N5O. The molecule has 1 aromatic heterocycles. The van der Waals surface area contributed by atoms with Crippen molar-refractivity contribution in [3.8, 4) is 22.5 Å². The van der Waals surface area contributed by atoms with Crippen LogP contribution in [-0.2, 0) is 11.8 Å². The van der Waals surface area contributed by atoms with Gasteiger partial charge in [-0.1, -0.05) is 24.3 Å². The van der Waals surface area contributed by atoms with Crippen molar-refractivity contribution in [2.24, 2.45) is 5.92 Å². The van der Waals surface area contributed by atoms with Crippen molar-refractivity contribution in [1.29, 1.82) is 0 Å². The van der Waals surface area contributed by atoms with E-state index >= 15 is 0 Å². The van der Waals surface area contributed by atoms with Crippen molar-refractivity contribution >= 4 is 11.7 Å². The van der Waals surface area contributed by atoms with Crippen LogP contribution in [0.15, 0.2) is 36.4 Å². The number of aromatic nitrogens is 2. The molecule has 3 aromatic rings. The molecule has 3 N–H and O–H groups in total. The largest absolute Gasteiger partial charge is 0.382 e. The molecule has 168 valence electrons. The number of halogens is 2. The van der Waals surface area contributed by atoms with Crippen LogP contribution in [0.25, 0.3) is 22.5 Å². The first kappa shape index (κ1) is 20.2. The first-order chi connectivity index (χ1) is 15.9. The van der Waals surface area contributed by atoms with Gasteiger partial charge in [0.05, 0.1) is 0 Å². The number of nitrogens with two attached hydrogens (primary N) is 1. The normalized spacial score (nSPS) is 23.7. The van der Waals surface area contributed by atoms with Gasteiger partial charge in [0.2, 0.25) is 5.95 Å². The van der Waals surface area contributed by atoms with Crippen LogP contribution in [0.5, 0.6) is 0 Å². The molecule has 3 heterocycles. The molecule has 1 aliphatic carbocycles. The Balaban J connectivity index is 1.39. The van der Waals surface area contributed by atoms with Gasteiger partial charge in [0.25, 0.3) is 5.91 Å². The van der Waals surface area contributed by atoms with Crippen LogP contribution in [0.2, 0.25) is 0 Å². The van der Waals surface area contributed by atoms with Gasteiger partial charge in [-0.2, -0.15) is 9.37 Å². The number of likely N-dealkylation sites (tertiary alicyclic amines) is 1. The zero-order chi connectivity index (χ0) is 22.9. The van der Waals surface area contributed by atoms with E-state index in [9.17, 15) is 13.6 Å². The van der Waals surface area contributed by atoms with Gasteiger partial charge in [-0.3, -0.25) is 4.79 Å². The lowest BCUT2D eigenvalue weighted by atomic mass is 9.93. The molecule has 6 rings (SSSR count). The molecule has 33 heavy (non-hydrogen) atoms. The van der Waals surface area contributed by atoms with E-state index in [1.54, 1.807) is 6.07 Å². The van der Waals surface area contributed by atoms with Gasteiger partial charge in [-0.05, 0) is 49.1 Å². The van der Waals surface area contributed by atoms with Crippen LogP contribution in [-0.4, -0.2) is 47.5 Å². The zero-order valence-corrected chi connectivity index (χ0v) is 18.2. The fourth-order valence-corrected chi connectivity index (χ4v) is 5.57. The van der Waals surface area contributed by atoms with E-state index in [0.717, 1.165) is 13.1 Å². The van der Waals surface area contributed by atoms with E-state index in [1.807, 2.05) is 24.3 Å². The van der Waals surface area contributed by atoms with E-state index in [-0.39, 0.29) is 34.1 Å². The second-order valence-electron chi connectivity index (χ2n) is 9.42. The van der Waals surface area contributed by atoms with Crippen molar-refractivity contribution in [1.82, 2.24) is 20.2 Å². The highest BCUT2D eigenvalue weighted by molar-refractivity contribution is 5.97. The number of carbonyl (C=O) groups excluding carboxylic acids is 1. The fourth-order valence-electron chi connectivity index (χ4n) is 5.57. The summed E-state index contributed by atoms with van der Waals surface area (Å²) >= 11 is 0. The number of nitrogen functional groups attached to an aromatic ring is 1. The van der Waals surface area contributed by atoms with Gasteiger partial charge in [0.1, 0.15) is 17.2 Å². The van der Waals surface area contributed by atoms with Gasteiger partial charge in [0.15, 0.2) is 5.82 Å². The predicted octanol–water partition coefficient (Wildman–Crippen LogP) is 3.16. The Morgan fingerprint density at radius 3 is 2.64 bits per heavy atom. The third-order valence-electron chi connectivity index (χ3n) is 7.30. The number of rotatable bonds is 3. The Morgan fingerprint density at radius 1 is 1.12 bits per heavy atom. The predicted molar refractivity (Wildman–Crippen MR) is 121 cm³/mol. The number of nitrogens with zero attached hydrogens (tertiary/aromatic N) is 3. The summed E-state index contributed by atoms with van der Waals surface area (Å²) in [6.07, 6.45) is 1.75. The molecule has 2 aliphatic heterocycles. The summed E-state index contributed by atoms with van der Waals surface area (Å²) in [7, 11) is 2.13. The molecule has 8 heteroatoms. The quantitative estimate of drug-likeness (QED) is 0.645. The molecule has 3 aliphatic rings. The lowest BCUT2D eigenvalue weighted by Crippen LogP contribution is -2.32. The van der Waals surface area contributed by atoms with Crippen LogP contribution < -0.4 is 11.1 Å². The molecule has 2 fully saturated rings. The van der Waals surface area contributed by atoms with Gasteiger partial charge < -0.3 is 16.0 Å². The monoisotopic (exact) mass is 447 g/mol. The number of piperidine rings is 1. The summed E-state index contributed by atoms with van der Waals surface area (Å²) in [6.45, 7) is 2.61. The number of anilines is 1. The van der Waals surface area contributed by atoms with E-state index < -0.39 is 11.8 Å². The topological polar surface area (TPSA) is 84.1 Å². The number of hydrogen-bond acceptors (Lipinski definition) is 5. The van der Waals surface area contributed by atoms with Gasteiger partial charge in [-0.15, -0.1) is 0 Å². The van der Waals surface area contributed by atoms with Crippen molar-refractivity contribution in [2.45, 2.75) is 18.3 Å². The Kier molecular flexibility index (Phi) is 4.32. The van der Waals surface area contributed by atoms with Crippen LogP contribution in [0, 0.1) is 17.7 Å². The highest BCUT2D eigenvalue weighted by atomic mass is 19.1. The Bertz CT molecular complexity index is 1310. The number of fused-ring (bicyclic) bond motifs is 2. The molecule has 0 unspecified atom stereocenters. The average molecular weight is 447 g/mol. The molecule has 6 nitrogen and oxygen atoms in total. The minimum absolute atomic E-state index is 0.0222. The summed E-state index contributed by atoms with van der Waals surface area (Å²) in [4.78, 5) is 22.6. The first-order valence-electron chi connectivity index (χ1n) is 11.1. The fraction of sp³-hybridized carbons (Fsp3) is 0.320. The summed E-state index contributed by atoms with van der Waals surface area (Å²) in [5.74, 6) is -1.28. The molecule has 1 saturated heterocycles. The van der Waals surface area contributed by atoms with Crippen molar-refractivity contribution in [3.63, 3.8) is 0 Å². The molecule has 1 amide bonds. The lowest BCUT2D eigenvalue weighted by molar-refractivity contribution is 0.0945. The summed E-state index contributed by atoms with van der Waals surface area (Å²) in [5.41, 5.74) is 9.17. The highest BCUT2D eigenvalue weighted by Crippen LogP contribution is 2.58. The number of likely N-dealkylation sites (N-methyl/N-ethyl adjacent to an activating group) is 1. The number of hydrogen-bond donors (Lipinski definition) is 2. The second-order valence-corrected chi connectivity index (χ2v) is 9.42. The molecule has 1 saturated carbocycles. The van der Waals surface area contributed by atoms with E-state index in [1.165, 1.54) is 18.1 Å². The van der Waals surface area contributed by atoms with Gasteiger partial charge in [0, 0.05) is 41.7 Å². The first-order valence-corrected chi connectivity index (χ1v) is 11.1. The molecule has 2 aromatic carbocycles. The molecule has 0 radical (unpaired) electrons. The van der Waals surface area contributed by atoms with E-state index in [2.05, 4.69) is 27.2 Å². The third kappa shape index (κ3) is 3.12. The number of amides is 1. The Hall–Kier alpha value is -3.39. The smallest absolute Gasteiger partial charge is 0.251 e. The highest BCUT2D eigenvalue weighted by Gasteiger charge is 2.59. The van der Waals surface area contributed by atoms with Crippen molar-refractivity contribution in [2.75, 3.05) is 32.4 Å². The van der Waals surface area contributed by atoms with Gasteiger partial charge >= 0.3 is 0 Å². The molecule has 0 bridgehead atoms. The number of nitrogens with one attached hydrogen (secondary N) is 1. The maximum absolute atomic E-state index is 15.0. The number of carbonyl (C=O) groups is 1. The summed E-state index contributed by atoms with van der Waals surface area (Å²) < 4.78 is 29.7. The molecular weight excluding hydrogens is 424 g/mol. The van der Waals surface area contributed by atoms with E-state index in [0.29, 0.717) is 35.6 Å². The van der Waals surface area contributed by atoms with Crippen LogP contribution in [0.3, 0.4) is 0 Å². The van der Waals surface area contributed by atoms with Crippen molar-refractivity contribution < 1.29 is 13.6 Å². The summed E-state index contributed by atoms with van der Waals surface area (Å²) in [6, 6.07) is 10.5. The van der Waals surface area contributed by atoms with E-state index in [4.69, 9.17) is 5.73 Å². The van der Waals surface area contributed by atoms with Crippen LogP contribution in [0.4, 0.5) is 14.6 Å². The second kappa shape index (κ2) is 7.05. The Morgan fingerprint density at radius 2 is 1.91 bits per heavy atom. The van der Waals surface area contributed by atoms with Crippen LogP contribution in [0.1, 0.15) is 27.9 Å². The third-order valence-corrected chi connectivity index (χ3v) is 7.30. The van der Waals surface area contributed by atoms with Gasteiger partial charge in [-0.25, -0.2) is 9.37 Å². The minimum atomic E-state index is -0.801. The maximum Gasteiger partial charge on any atom is 0.251 e. The Labute approximate surface area is 189 Å². The molecule has 0 spiro atoms. The average Bonchev–Trinajstić information content (AvgIpc) is 3.36.